The molecule has 0 radical (unpaired) electrons. The highest BCUT2D eigenvalue weighted by Gasteiger charge is 2.27. The van der Waals surface area contributed by atoms with Crippen molar-refractivity contribution in [1.29, 1.82) is 0 Å². The highest BCUT2D eigenvalue weighted by molar-refractivity contribution is 5.67. The molecule has 0 bridgehead atoms. The van der Waals surface area contributed by atoms with E-state index in [0.29, 0.717) is 24.5 Å². The first kappa shape index (κ1) is 18.5. The van der Waals surface area contributed by atoms with Crippen LogP contribution in [0.5, 0.6) is 0 Å². The number of rotatable bonds is 5. The van der Waals surface area contributed by atoms with Gasteiger partial charge in [0.05, 0.1) is 6.61 Å². The predicted octanol–water partition coefficient (Wildman–Crippen LogP) is 3.23. The van der Waals surface area contributed by atoms with Crippen LogP contribution in [0.2, 0.25) is 0 Å². The zero-order valence-electron chi connectivity index (χ0n) is 15.0. The summed E-state index contributed by atoms with van der Waals surface area (Å²) >= 11 is 0. The number of carbonyl (C=O) groups is 1. The van der Waals surface area contributed by atoms with E-state index in [0.717, 1.165) is 26.1 Å². The molecule has 1 saturated carbocycles. The lowest BCUT2D eigenvalue weighted by Crippen LogP contribution is -2.52. The number of hydrogen-bond acceptors (Lipinski definition) is 4. The largest absolute Gasteiger partial charge is 0.444 e. The quantitative estimate of drug-likeness (QED) is 0.814. The summed E-state index contributed by atoms with van der Waals surface area (Å²) in [6, 6.07) is 0.727. The van der Waals surface area contributed by atoms with Gasteiger partial charge in [0.1, 0.15) is 5.60 Å². The molecule has 5 nitrogen and oxygen atoms in total. The van der Waals surface area contributed by atoms with E-state index in [1.807, 2.05) is 20.8 Å². The maximum absolute atomic E-state index is 12.0. The van der Waals surface area contributed by atoms with E-state index in [1.165, 1.54) is 32.1 Å². The smallest absolute Gasteiger partial charge is 0.407 e. The van der Waals surface area contributed by atoms with Gasteiger partial charge in [0, 0.05) is 25.2 Å². The van der Waals surface area contributed by atoms with E-state index >= 15 is 0 Å². The lowest BCUT2D eigenvalue weighted by Gasteiger charge is -2.35. The van der Waals surface area contributed by atoms with Crippen LogP contribution in [0.3, 0.4) is 0 Å². The van der Waals surface area contributed by atoms with Crippen molar-refractivity contribution in [1.82, 2.24) is 10.6 Å². The number of carbonyl (C=O) groups excluding carboxylic acids is 1. The molecule has 2 unspecified atom stereocenters. The van der Waals surface area contributed by atoms with Gasteiger partial charge < -0.3 is 20.1 Å². The van der Waals surface area contributed by atoms with E-state index in [9.17, 15) is 4.79 Å². The van der Waals surface area contributed by atoms with Gasteiger partial charge >= 0.3 is 6.09 Å². The molecule has 1 saturated heterocycles. The number of ether oxygens (including phenoxy) is 2. The minimum absolute atomic E-state index is 0.314. The Morgan fingerprint density at radius 1 is 1.17 bits per heavy atom. The number of nitrogens with one attached hydrogen (secondary N) is 2. The summed E-state index contributed by atoms with van der Waals surface area (Å²) in [6.07, 6.45) is 8.41. The fourth-order valence-corrected chi connectivity index (χ4v) is 3.58. The number of alkyl carbamates (subject to hydrolysis) is 1. The van der Waals surface area contributed by atoms with Gasteiger partial charge in [-0.1, -0.05) is 19.3 Å². The normalized spacial score (nSPS) is 24.9. The molecule has 5 heteroatoms. The van der Waals surface area contributed by atoms with Gasteiger partial charge in [-0.15, -0.1) is 0 Å². The fraction of sp³-hybridized carbons (Fsp3) is 0.944. The summed E-state index contributed by atoms with van der Waals surface area (Å²) in [5, 5.41) is 6.71. The SMILES string of the molecule is CC(C)(C)OC(=O)NCC(NC1CCCOC1)C1CCCCC1. The second-order valence-electron chi connectivity index (χ2n) is 7.97. The van der Waals surface area contributed by atoms with Crippen LogP contribution in [0.1, 0.15) is 65.7 Å². The van der Waals surface area contributed by atoms with Crippen LogP contribution >= 0.6 is 0 Å². The maximum Gasteiger partial charge on any atom is 0.407 e. The number of amides is 1. The van der Waals surface area contributed by atoms with E-state index in [-0.39, 0.29) is 6.09 Å². The Morgan fingerprint density at radius 2 is 1.91 bits per heavy atom. The van der Waals surface area contributed by atoms with Crippen LogP contribution in [0, 0.1) is 5.92 Å². The molecule has 2 N–H and O–H groups in total. The van der Waals surface area contributed by atoms with Crippen LogP contribution in [0.4, 0.5) is 4.79 Å². The van der Waals surface area contributed by atoms with Crippen LogP contribution in [-0.2, 0) is 9.47 Å². The van der Waals surface area contributed by atoms with E-state index < -0.39 is 5.60 Å². The minimum Gasteiger partial charge on any atom is -0.444 e. The van der Waals surface area contributed by atoms with Gasteiger partial charge in [0.25, 0.3) is 0 Å². The lowest BCUT2D eigenvalue weighted by molar-refractivity contribution is 0.0485. The molecule has 2 aliphatic rings. The first-order chi connectivity index (χ1) is 10.9. The van der Waals surface area contributed by atoms with Gasteiger partial charge in [0.15, 0.2) is 0 Å². The molecule has 0 aromatic rings. The summed E-state index contributed by atoms with van der Waals surface area (Å²) < 4.78 is 11.0. The van der Waals surface area contributed by atoms with Crippen LogP contribution < -0.4 is 10.6 Å². The van der Waals surface area contributed by atoms with Gasteiger partial charge in [-0.2, -0.15) is 0 Å². The molecule has 2 fully saturated rings. The highest BCUT2D eigenvalue weighted by Crippen LogP contribution is 2.27. The topological polar surface area (TPSA) is 59.6 Å². The van der Waals surface area contributed by atoms with E-state index in [4.69, 9.17) is 9.47 Å². The summed E-state index contributed by atoms with van der Waals surface area (Å²) in [5.41, 5.74) is -0.449. The van der Waals surface area contributed by atoms with Crippen LogP contribution in [0.25, 0.3) is 0 Å². The van der Waals surface area contributed by atoms with Crippen LogP contribution in [0.15, 0.2) is 0 Å². The summed E-state index contributed by atoms with van der Waals surface area (Å²) in [5.74, 6) is 0.639. The van der Waals surface area contributed by atoms with Crippen LogP contribution in [-0.4, -0.2) is 43.5 Å². The second-order valence-corrected chi connectivity index (χ2v) is 7.97. The third-order valence-electron chi connectivity index (χ3n) is 4.69. The minimum atomic E-state index is -0.449. The van der Waals surface area contributed by atoms with Crippen molar-refractivity contribution >= 4 is 6.09 Å². The monoisotopic (exact) mass is 326 g/mol. The molecule has 0 aromatic heterocycles. The molecule has 1 heterocycles. The zero-order valence-corrected chi connectivity index (χ0v) is 15.0. The third kappa shape index (κ3) is 7.08. The molecule has 0 aromatic carbocycles. The summed E-state index contributed by atoms with van der Waals surface area (Å²) in [7, 11) is 0. The van der Waals surface area contributed by atoms with Crippen molar-refractivity contribution in [3.8, 4) is 0 Å². The van der Waals surface area contributed by atoms with Gasteiger partial charge in [0.2, 0.25) is 0 Å². The van der Waals surface area contributed by atoms with Crippen molar-refractivity contribution in [3.05, 3.63) is 0 Å². The Morgan fingerprint density at radius 3 is 2.52 bits per heavy atom. The predicted molar refractivity (Wildman–Crippen MR) is 91.6 cm³/mol. The lowest BCUT2D eigenvalue weighted by atomic mass is 9.83. The molecule has 134 valence electrons. The Balaban J connectivity index is 1.85. The summed E-state index contributed by atoms with van der Waals surface area (Å²) in [6.45, 7) is 7.97. The van der Waals surface area contributed by atoms with Crippen molar-refractivity contribution in [2.45, 2.75) is 83.4 Å². The Hall–Kier alpha value is -0.810. The van der Waals surface area contributed by atoms with Gasteiger partial charge in [-0.25, -0.2) is 4.79 Å². The molecule has 1 aliphatic carbocycles. The molecule has 1 amide bonds. The molecule has 2 atom stereocenters. The van der Waals surface area contributed by atoms with Crippen molar-refractivity contribution in [2.75, 3.05) is 19.8 Å². The first-order valence-electron chi connectivity index (χ1n) is 9.25. The number of hydrogen-bond donors (Lipinski definition) is 2. The average molecular weight is 326 g/mol. The average Bonchev–Trinajstić information content (AvgIpc) is 2.51. The standard InChI is InChI=1S/C18H34N2O3/c1-18(2,3)23-17(21)19-12-16(14-8-5-4-6-9-14)20-15-10-7-11-22-13-15/h14-16,20H,4-13H2,1-3H3,(H,19,21). The van der Waals surface area contributed by atoms with Crippen molar-refractivity contribution in [2.24, 2.45) is 5.92 Å². The van der Waals surface area contributed by atoms with E-state index in [1.54, 1.807) is 0 Å². The van der Waals surface area contributed by atoms with E-state index in [2.05, 4.69) is 10.6 Å². The fourth-order valence-electron chi connectivity index (χ4n) is 3.58. The molecule has 2 rings (SSSR count). The Bertz CT molecular complexity index is 356. The van der Waals surface area contributed by atoms with Gasteiger partial charge in [-0.3, -0.25) is 0 Å². The molecule has 0 spiro atoms. The van der Waals surface area contributed by atoms with Gasteiger partial charge in [-0.05, 0) is 52.4 Å². The molecular formula is C18H34N2O3. The molecular weight excluding hydrogens is 292 g/mol. The Kier molecular flexibility index (Phi) is 7.15. The maximum atomic E-state index is 12.0. The second kappa shape index (κ2) is 8.88. The molecule has 23 heavy (non-hydrogen) atoms. The zero-order chi connectivity index (χ0) is 16.7. The summed E-state index contributed by atoms with van der Waals surface area (Å²) in [4.78, 5) is 12.0. The Labute approximate surface area is 140 Å². The first-order valence-corrected chi connectivity index (χ1v) is 9.25. The highest BCUT2D eigenvalue weighted by atomic mass is 16.6. The molecule has 1 aliphatic heterocycles. The third-order valence-corrected chi connectivity index (χ3v) is 4.69. The van der Waals surface area contributed by atoms with Crippen molar-refractivity contribution in [3.63, 3.8) is 0 Å². The van der Waals surface area contributed by atoms with Crippen molar-refractivity contribution < 1.29 is 14.3 Å².